The van der Waals surface area contributed by atoms with Crippen LogP contribution in [0.15, 0.2) is 79.3 Å². The second-order valence-electron chi connectivity index (χ2n) is 7.30. The van der Waals surface area contributed by atoms with E-state index in [2.05, 4.69) is 16.5 Å². The van der Waals surface area contributed by atoms with Crippen molar-refractivity contribution in [3.05, 3.63) is 101 Å². The Bertz CT molecular complexity index is 1180. The largest absolute Gasteiger partial charge is 0.471 e. The first-order valence-corrected chi connectivity index (χ1v) is 10.3. The zero-order chi connectivity index (χ0) is 21.8. The lowest BCUT2D eigenvalue weighted by atomic mass is 10.1. The highest BCUT2D eigenvalue weighted by molar-refractivity contribution is 6.30. The minimum Gasteiger partial charge on any atom is -0.471 e. The summed E-state index contributed by atoms with van der Waals surface area (Å²) in [6.07, 6.45) is 5.70. The summed E-state index contributed by atoms with van der Waals surface area (Å²) in [6.45, 7) is 4.08. The Morgan fingerprint density at radius 1 is 1.10 bits per heavy atom. The van der Waals surface area contributed by atoms with E-state index in [9.17, 15) is 4.79 Å². The molecule has 0 saturated carbocycles. The third-order valence-corrected chi connectivity index (χ3v) is 5.22. The first kappa shape index (κ1) is 20.8. The van der Waals surface area contributed by atoms with E-state index in [0.29, 0.717) is 10.7 Å². The van der Waals surface area contributed by atoms with Crippen molar-refractivity contribution in [2.45, 2.75) is 26.6 Å². The summed E-state index contributed by atoms with van der Waals surface area (Å²) in [7, 11) is 0. The molecule has 0 aliphatic rings. The Kier molecular flexibility index (Phi) is 6.09. The van der Waals surface area contributed by atoms with E-state index in [4.69, 9.17) is 16.3 Å². The number of nitrogens with zero attached hydrogens (tertiary/aromatic N) is 3. The maximum Gasteiger partial charge on any atom is 0.272 e. The fourth-order valence-corrected chi connectivity index (χ4v) is 3.51. The minimum absolute atomic E-state index is 0.166. The molecule has 0 bridgehead atoms. The predicted octanol–water partition coefficient (Wildman–Crippen LogP) is 5.16. The number of hydrogen-bond acceptors (Lipinski definition) is 3. The quantitative estimate of drug-likeness (QED) is 0.437. The van der Waals surface area contributed by atoms with E-state index in [1.165, 1.54) is 0 Å². The van der Waals surface area contributed by atoms with Crippen LogP contribution in [-0.4, -0.2) is 20.3 Å². The van der Waals surface area contributed by atoms with Crippen molar-refractivity contribution in [3.63, 3.8) is 0 Å². The van der Waals surface area contributed by atoms with Gasteiger partial charge < -0.3 is 14.6 Å². The van der Waals surface area contributed by atoms with Gasteiger partial charge in [-0.1, -0.05) is 23.7 Å². The molecular formula is C24H23ClN4O2. The van der Waals surface area contributed by atoms with E-state index >= 15 is 0 Å². The molecule has 2 heterocycles. The summed E-state index contributed by atoms with van der Waals surface area (Å²) in [5.74, 6) is 0.488. The van der Waals surface area contributed by atoms with Gasteiger partial charge in [-0.15, -0.1) is 0 Å². The van der Waals surface area contributed by atoms with Crippen LogP contribution in [0.3, 0.4) is 0 Å². The number of aromatic nitrogens is 3. The second-order valence-corrected chi connectivity index (χ2v) is 7.74. The summed E-state index contributed by atoms with van der Waals surface area (Å²) in [5.41, 5.74) is 3.33. The summed E-state index contributed by atoms with van der Waals surface area (Å²) in [5, 5.41) is 8.00. The fraction of sp³-hybridized carbons (Fsp3) is 0.167. The number of amides is 1. The number of rotatable bonds is 7. The molecule has 1 amide bonds. The molecule has 2 aromatic carbocycles. The van der Waals surface area contributed by atoms with Crippen LogP contribution in [0.2, 0.25) is 5.02 Å². The number of halogens is 1. The second kappa shape index (κ2) is 9.10. The van der Waals surface area contributed by atoms with Crippen molar-refractivity contribution < 1.29 is 9.53 Å². The number of benzene rings is 2. The van der Waals surface area contributed by atoms with Crippen molar-refractivity contribution in [2.24, 2.45) is 0 Å². The zero-order valence-corrected chi connectivity index (χ0v) is 18.1. The third kappa shape index (κ3) is 4.98. The van der Waals surface area contributed by atoms with Gasteiger partial charge in [0.05, 0.1) is 6.04 Å². The molecule has 2 aromatic heterocycles. The molecule has 31 heavy (non-hydrogen) atoms. The number of nitrogens with one attached hydrogen (secondary N) is 1. The number of ether oxygens (including phenoxy) is 1. The number of hydrogen-bond donors (Lipinski definition) is 1. The maximum atomic E-state index is 12.7. The molecule has 7 heteroatoms. The summed E-state index contributed by atoms with van der Waals surface area (Å²) < 4.78 is 9.39. The van der Waals surface area contributed by atoms with E-state index in [-0.39, 0.29) is 18.7 Å². The Labute approximate surface area is 186 Å². The van der Waals surface area contributed by atoms with Crippen LogP contribution in [0, 0.1) is 6.92 Å². The molecule has 1 atom stereocenters. The molecule has 158 valence electrons. The topological polar surface area (TPSA) is 61.1 Å². The molecule has 0 fully saturated rings. The Hall–Kier alpha value is -3.51. The molecule has 0 radical (unpaired) electrons. The van der Waals surface area contributed by atoms with Gasteiger partial charge in [-0.25, -0.2) is 4.68 Å². The minimum atomic E-state index is -0.236. The van der Waals surface area contributed by atoms with Crippen molar-refractivity contribution in [1.29, 1.82) is 0 Å². The SMILES string of the molecule is Cc1cc(Cl)ccc1OCn1ccc(C(=O)NC(C)c2cccc(-n3cccc3)c2)n1. The van der Waals surface area contributed by atoms with Gasteiger partial charge in [0.2, 0.25) is 0 Å². The average molecular weight is 435 g/mol. The van der Waals surface area contributed by atoms with Gasteiger partial charge in [0, 0.05) is 29.3 Å². The fourth-order valence-electron chi connectivity index (χ4n) is 3.28. The lowest BCUT2D eigenvalue weighted by Gasteiger charge is -2.15. The lowest BCUT2D eigenvalue weighted by molar-refractivity contribution is 0.0932. The predicted molar refractivity (Wildman–Crippen MR) is 121 cm³/mol. The van der Waals surface area contributed by atoms with Crippen LogP contribution >= 0.6 is 11.6 Å². The van der Waals surface area contributed by atoms with Gasteiger partial charge in [0.1, 0.15) is 11.4 Å². The van der Waals surface area contributed by atoms with Gasteiger partial charge >= 0.3 is 0 Å². The van der Waals surface area contributed by atoms with Gasteiger partial charge in [-0.3, -0.25) is 4.79 Å². The van der Waals surface area contributed by atoms with Gasteiger partial charge in [-0.2, -0.15) is 5.10 Å². The highest BCUT2D eigenvalue weighted by atomic mass is 35.5. The van der Waals surface area contributed by atoms with Crippen molar-refractivity contribution >= 4 is 17.5 Å². The van der Waals surface area contributed by atoms with Crippen molar-refractivity contribution in [3.8, 4) is 11.4 Å². The number of aryl methyl sites for hydroxylation is 1. The maximum absolute atomic E-state index is 12.7. The number of carbonyl (C=O) groups is 1. The van der Waals surface area contributed by atoms with Gasteiger partial charge in [-0.05, 0) is 73.5 Å². The standard InChI is InChI=1S/C24H23ClN4O2/c1-17-14-20(25)8-9-23(17)31-16-29-13-10-22(27-29)24(30)26-18(2)19-6-5-7-21(15-19)28-11-3-4-12-28/h3-15,18H,16H2,1-2H3,(H,26,30). The molecular weight excluding hydrogens is 412 g/mol. The number of carbonyl (C=O) groups excluding carboxylic acids is 1. The average Bonchev–Trinajstić information content (AvgIpc) is 3.46. The van der Waals surface area contributed by atoms with Crippen molar-refractivity contribution in [2.75, 3.05) is 0 Å². The summed E-state index contributed by atoms with van der Waals surface area (Å²) in [6, 6.07) is 19.0. The summed E-state index contributed by atoms with van der Waals surface area (Å²) >= 11 is 5.97. The molecule has 4 aromatic rings. The summed E-state index contributed by atoms with van der Waals surface area (Å²) in [4.78, 5) is 12.7. The third-order valence-electron chi connectivity index (χ3n) is 4.98. The molecule has 4 rings (SSSR count). The Balaban J connectivity index is 1.38. The molecule has 0 aliphatic heterocycles. The smallest absolute Gasteiger partial charge is 0.272 e. The van der Waals surface area contributed by atoms with Gasteiger partial charge in [0.25, 0.3) is 5.91 Å². The Morgan fingerprint density at radius 2 is 1.90 bits per heavy atom. The van der Waals surface area contributed by atoms with E-state index in [1.54, 1.807) is 23.0 Å². The van der Waals surface area contributed by atoms with Crippen molar-refractivity contribution in [1.82, 2.24) is 19.7 Å². The van der Waals surface area contributed by atoms with Crippen LogP contribution < -0.4 is 10.1 Å². The van der Waals surface area contributed by atoms with Gasteiger partial charge in [0.15, 0.2) is 6.73 Å². The van der Waals surface area contributed by atoms with E-state index < -0.39 is 0 Å². The molecule has 0 spiro atoms. The molecule has 0 saturated heterocycles. The van der Waals surface area contributed by atoms with Crippen LogP contribution in [-0.2, 0) is 6.73 Å². The monoisotopic (exact) mass is 434 g/mol. The van der Waals surface area contributed by atoms with Crippen LogP contribution in [0.25, 0.3) is 5.69 Å². The first-order chi connectivity index (χ1) is 15.0. The molecule has 1 unspecified atom stereocenters. The van der Waals surface area contributed by atoms with Crippen LogP contribution in [0.1, 0.15) is 34.6 Å². The highest BCUT2D eigenvalue weighted by Crippen LogP contribution is 2.22. The Morgan fingerprint density at radius 3 is 2.68 bits per heavy atom. The zero-order valence-electron chi connectivity index (χ0n) is 17.3. The molecule has 0 aliphatic carbocycles. The van der Waals surface area contributed by atoms with E-state index in [1.807, 2.05) is 73.3 Å². The highest BCUT2D eigenvalue weighted by Gasteiger charge is 2.15. The van der Waals surface area contributed by atoms with Crippen LogP contribution in [0.5, 0.6) is 5.75 Å². The van der Waals surface area contributed by atoms with Crippen LogP contribution in [0.4, 0.5) is 0 Å². The first-order valence-electron chi connectivity index (χ1n) is 9.96. The molecule has 6 nitrogen and oxygen atoms in total. The lowest BCUT2D eigenvalue weighted by Crippen LogP contribution is -2.27. The molecule has 1 N–H and O–H groups in total. The van der Waals surface area contributed by atoms with E-state index in [0.717, 1.165) is 22.6 Å². The normalized spacial score (nSPS) is 11.8.